The first kappa shape index (κ1) is 23.8. The molecule has 2 amide bonds. The molecule has 3 atom stereocenters. The number of allylic oxidation sites excluding steroid dienone is 2. The lowest BCUT2D eigenvalue weighted by Crippen LogP contribution is -2.59. The number of amides is 2. The molecule has 0 aromatic heterocycles. The second-order valence-electron chi connectivity index (χ2n) is 10.0. The number of hydrogen-bond acceptors (Lipinski definition) is 7. The first-order valence-corrected chi connectivity index (χ1v) is 12.5. The molecule has 35 heavy (non-hydrogen) atoms. The molecule has 9 nitrogen and oxygen atoms in total. The summed E-state index contributed by atoms with van der Waals surface area (Å²) in [4.78, 5) is 30.7. The minimum absolute atomic E-state index is 0.223. The van der Waals surface area contributed by atoms with Gasteiger partial charge in [-0.1, -0.05) is 6.07 Å². The van der Waals surface area contributed by atoms with Gasteiger partial charge in [0.25, 0.3) is 0 Å². The Morgan fingerprint density at radius 1 is 1.11 bits per heavy atom. The zero-order valence-electron chi connectivity index (χ0n) is 20.8. The third kappa shape index (κ3) is 3.99. The van der Waals surface area contributed by atoms with E-state index in [1.807, 2.05) is 6.07 Å². The fourth-order valence-electron chi connectivity index (χ4n) is 6.61. The number of rotatable bonds is 3. The molecule has 1 N–H and O–H groups in total. The number of nitrogens with zero attached hydrogens (tertiary/aromatic N) is 3. The van der Waals surface area contributed by atoms with Gasteiger partial charge in [-0.15, -0.1) is 0 Å². The quantitative estimate of drug-likeness (QED) is 0.703. The topological polar surface area (TPSA) is 91.8 Å². The molecule has 190 valence electrons. The van der Waals surface area contributed by atoms with Crippen LogP contribution >= 0.6 is 0 Å². The van der Waals surface area contributed by atoms with Crippen LogP contribution in [-0.4, -0.2) is 91.5 Å². The lowest BCUT2D eigenvalue weighted by molar-refractivity contribution is 0.0132. The maximum absolute atomic E-state index is 13.0. The average Bonchev–Trinajstić information content (AvgIpc) is 2.86. The van der Waals surface area contributed by atoms with E-state index in [2.05, 4.69) is 24.1 Å². The number of fused-ring (bicyclic) bond motifs is 1. The molecule has 2 fully saturated rings. The number of phenols is 1. The van der Waals surface area contributed by atoms with Crippen LogP contribution in [0.4, 0.5) is 9.59 Å². The van der Waals surface area contributed by atoms with Crippen LogP contribution in [0, 0.1) is 5.92 Å². The van der Waals surface area contributed by atoms with Crippen LogP contribution in [0.2, 0.25) is 0 Å². The van der Waals surface area contributed by atoms with Crippen molar-refractivity contribution in [2.24, 2.45) is 5.92 Å². The smallest absolute Gasteiger partial charge is 0.415 e. The molecule has 2 aliphatic heterocycles. The second kappa shape index (κ2) is 9.26. The maximum Gasteiger partial charge on any atom is 0.415 e. The monoisotopic (exact) mass is 485 g/mol. The number of benzene rings is 1. The molecule has 2 saturated heterocycles. The molecule has 0 radical (unpaired) electrons. The number of methoxy groups -OCH3 is 1. The maximum atomic E-state index is 13.0. The standard InChI is InChI=1S/C26H35N3O6/c1-4-34-24(31)28-11-13-29(14-12-28)25(32)35-18-6-7-19-20-15-17-5-8-21(33-3)23(30)22(17)26(19,16-18)9-10-27(20)2/h5-6,8,19-20,30H,4,7,9-16H2,1-3H3/t19?,20?,26-/m0/s1. The highest BCUT2D eigenvalue weighted by Crippen LogP contribution is 2.58. The van der Waals surface area contributed by atoms with Gasteiger partial charge in [-0.05, 0) is 63.4 Å². The Kier molecular flexibility index (Phi) is 6.29. The zero-order chi connectivity index (χ0) is 24.7. The summed E-state index contributed by atoms with van der Waals surface area (Å²) < 4.78 is 16.4. The summed E-state index contributed by atoms with van der Waals surface area (Å²) in [5.74, 6) is 1.71. The van der Waals surface area contributed by atoms with Crippen molar-refractivity contribution in [1.29, 1.82) is 0 Å². The first-order valence-electron chi connectivity index (χ1n) is 12.5. The van der Waals surface area contributed by atoms with Crippen LogP contribution in [0.25, 0.3) is 0 Å². The molecule has 5 rings (SSSR count). The second-order valence-corrected chi connectivity index (χ2v) is 10.0. The van der Waals surface area contributed by atoms with E-state index in [1.165, 1.54) is 0 Å². The minimum atomic E-state index is -0.384. The molecule has 2 heterocycles. The summed E-state index contributed by atoms with van der Waals surface area (Å²) in [5.41, 5.74) is 1.82. The molecular weight excluding hydrogens is 450 g/mol. The van der Waals surface area contributed by atoms with Crippen molar-refractivity contribution < 1.29 is 28.9 Å². The van der Waals surface area contributed by atoms with Crippen molar-refractivity contribution in [3.05, 3.63) is 35.1 Å². The highest BCUT2D eigenvalue weighted by Gasteiger charge is 2.55. The van der Waals surface area contributed by atoms with Crippen molar-refractivity contribution in [2.45, 2.75) is 44.1 Å². The van der Waals surface area contributed by atoms with Crippen molar-refractivity contribution in [3.8, 4) is 11.5 Å². The molecule has 9 heteroatoms. The third-order valence-electron chi connectivity index (χ3n) is 8.40. The van der Waals surface area contributed by atoms with Crippen molar-refractivity contribution in [1.82, 2.24) is 14.7 Å². The number of ether oxygens (including phenoxy) is 3. The van der Waals surface area contributed by atoms with Crippen LogP contribution in [0.3, 0.4) is 0 Å². The van der Waals surface area contributed by atoms with Gasteiger partial charge < -0.3 is 34.0 Å². The normalized spacial score (nSPS) is 27.9. The summed E-state index contributed by atoms with van der Waals surface area (Å²) in [6, 6.07) is 4.30. The molecular formula is C26H35N3O6. The average molecular weight is 486 g/mol. The zero-order valence-corrected chi connectivity index (χ0v) is 20.8. The van der Waals surface area contributed by atoms with Gasteiger partial charge in [-0.3, -0.25) is 0 Å². The molecule has 2 unspecified atom stereocenters. The van der Waals surface area contributed by atoms with E-state index in [1.54, 1.807) is 23.8 Å². The highest BCUT2D eigenvalue weighted by molar-refractivity contribution is 5.71. The number of likely N-dealkylation sites (tertiary alicyclic amines) is 1. The molecule has 0 spiro atoms. The van der Waals surface area contributed by atoms with Gasteiger partial charge >= 0.3 is 12.2 Å². The Hall–Kier alpha value is -2.94. The van der Waals surface area contributed by atoms with Gasteiger partial charge in [0.15, 0.2) is 11.5 Å². The predicted molar refractivity (Wildman–Crippen MR) is 129 cm³/mol. The number of piperazine rings is 1. The van der Waals surface area contributed by atoms with E-state index in [0.717, 1.165) is 36.9 Å². The first-order chi connectivity index (χ1) is 16.9. The summed E-state index contributed by atoms with van der Waals surface area (Å²) in [6.07, 6.45) is 4.47. The Morgan fingerprint density at radius 2 is 1.83 bits per heavy atom. The largest absolute Gasteiger partial charge is 0.504 e. The highest BCUT2D eigenvalue weighted by atomic mass is 16.6. The van der Waals surface area contributed by atoms with E-state index in [-0.39, 0.29) is 23.4 Å². The molecule has 1 aromatic carbocycles. The van der Waals surface area contributed by atoms with Gasteiger partial charge in [0.2, 0.25) is 0 Å². The van der Waals surface area contributed by atoms with E-state index in [4.69, 9.17) is 14.2 Å². The van der Waals surface area contributed by atoms with Crippen molar-refractivity contribution >= 4 is 12.2 Å². The van der Waals surface area contributed by atoms with E-state index < -0.39 is 0 Å². The molecule has 2 aliphatic carbocycles. The molecule has 0 saturated carbocycles. The van der Waals surface area contributed by atoms with Crippen molar-refractivity contribution in [3.63, 3.8) is 0 Å². The fourth-order valence-corrected chi connectivity index (χ4v) is 6.61. The number of piperidine rings is 1. The van der Waals surface area contributed by atoms with Crippen LogP contribution < -0.4 is 4.74 Å². The Bertz CT molecular complexity index is 1030. The lowest BCUT2D eigenvalue weighted by atomic mass is 9.53. The van der Waals surface area contributed by atoms with Crippen LogP contribution in [0.1, 0.15) is 37.3 Å². The predicted octanol–water partition coefficient (Wildman–Crippen LogP) is 3.10. The SMILES string of the molecule is CCOC(=O)N1CCN(C(=O)OC2=CCC3C4Cc5ccc(OC)c(O)c5[C@@]3(CCN4C)C2)CC1. The number of carbonyl (C=O) groups is 2. The molecule has 4 aliphatic rings. The molecule has 1 aromatic rings. The summed E-state index contributed by atoms with van der Waals surface area (Å²) in [7, 11) is 3.75. The number of hydrogen-bond donors (Lipinski definition) is 1. The Labute approximate surface area is 206 Å². The number of phenolic OH excluding ortho intramolecular Hbond substituents is 1. The van der Waals surface area contributed by atoms with Gasteiger partial charge in [-0.25, -0.2) is 9.59 Å². The van der Waals surface area contributed by atoms with Gasteiger partial charge in [0.05, 0.1) is 13.7 Å². The lowest BCUT2D eigenvalue weighted by Gasteiger charge is -2.57. The van der Waals surface area contributed by atoms with Gasteiger partial charge in [0, 0.05) is 49.6 Å². The van der Waals surface area contributed by atoms with Crippen molar-refractivity contribution in [2.75, 3.05) is 53.5 Å². The Balaban J connectivity index is 1.35. The summed E-state index contributed by atoms with van der Waals surface area (Å²) in [6.45, 7) is 4.70. The van der Waals surface area contributed by atoms with E-state index in [9.17, 15) is 14.7 Å². The number of aromatic hydroxyl groups is 1. The van der Waals surface area contributed by atoms with E-state index >= 15 is 0 Å². The number of likely N-dealkylation sites (N-methyl/N-ethyl adjacent to an activating group) is 1. The van der Waals surface area contributed by atoms with Crippen LogP contribution in [0.15, 0.2) is 24.0 Å². The fraction of sp³-hybridized carbons (Fsp3) is 0.615. The van der Waals surface area contributed by atoms with E-state index in [0.29, 0.717) is 62.7 Å². The van der Waals surface area contributed by atoms with Crippen LogP contribution in [-0.2, 0) is 21.3 Å². The Morgan fingerprint density at radius 3 is 2.51 bits per heavy atom. The summed E-state index contributed by atoms with van der Waals surface area (Å²) >= 11 is 0. The molecule has 2 bridgehead atoms. The van der Waals surface area contributed by atoms with Gasteiger partial charge in [-0.2, -0.15) is 0 Å². The minimum Gasteiger partial charge on any atom is -0.504 e. The van der Waals surface area contributed by atoms with Gasteiger partial charge in [0.1, 0.15) is 5.76 Å². The summed E-state index contributed by atoms with van der Waals surface area (Å²) in [5, 5.41) is 11.2. The number of carbonyl (C=O) groups excluding carboxylic acids is 2. The third-order valence-corrected chi connectivity index (χ3v) is 8.40. The van der Waals surface area contributed by atoms with Crippen LogP contribution in [0.5, 0.6) is 11.5 Å².